The molecular weight excluding hydrogens is 314 g/mol. The lowest BCUT2D eigenvalue weighted by atomic mass is 9.97. The molecule has 0 bridgehead atoms. The van der Waals surface area contributed by atoms with Crippen LogP contribution in [0.15, 0.2) is 43.0 Å². The van der Waals surface area contributed by atoms with E-state index in [1.165, 1.54) is 0 Å². The molecule has 0 atom stereocenters. The standard InChI is InChI=1S/C17H18ClN3O2/c18-15-11-20-8-3-16(15)23-12-13-4-9-21(10-5-13)17(22)14-1-6-19-7-2-14/h1-3,6-8,11,13H,4-5,9-10,12H2. The number of likely N-dealkylation sites (tertiary alicyclic amines) is 1. The second kappa shape index (κ2) is 7.42. The fourth-order valence-corrected chi connectivity index (χ4v) is 2.84. The van der Waals surface area contributed by atoms with E-state index in [-0.39, 0.29) is 5.91 Å². The first-order valence-electron chi connectivity index (χ1n) is 7.65. The Kier molecular flexibility index (Phi) is 5.08. The molecule has 3 heterocycles. The summed E-state index contributed by atoms with van der Waals surface area (Å²) in [5.74, 6) is 1.17. The Bertz CT molecular complexity index is 658. The minimum Gasteiger partial charge on any atom is -0.492 e. The van der Waals surface area contributed by atoms with Gasteiger partial charge in [-0.3, -0.25) is 14.8 Å². The molecule has 3 rings (SSSR count). The number of carbonyl (C=O) groups is 1. The lowest BCUT2D eigenvalue weighted by molar-refractivity contribution is 0.0661. The van der Waals surface area contributed by atoms with E-state index in [2.05, 4.69) is 9.97 Å². The molecule has 0 radical (unpaired) electrons. The Labute approximate surface area is 140 Å². The van der Waals surface area contributed by atoms with Crippen molar-refractivity contribution in [2.45, 2.75) is 12.8 Å². The number of rotatable bonds is 4. The van der Waals surface area contributed by atoms with E-state index in [9.17, 15) is 4.79 Å². The van der Waals surface area contributed by atoms with E-state index in [1.807, 2.05) is 4.90 Å². The summed E-state index contributed by atoms with van der Waals surface area (Å²) in [6.45, 7) is 2.11. The number of carbonyl (C=O) groups excluding carboxylic acids is 1. The summed E-state index contributed by atoms with van der Waals surface area (Å²) in [4.78, 5) is 22.1. The molecule has 1 aliphatic rings. The number of amides is 1. The van der Waals surface area contributed by atoms with Crippen LogP contribution in [0.5, 0.6) is 5.75 Å². The summed E-state index contributed by atoms with van der Waals surface area (Å²) >= 11 is 6.03. The van der Waals surface area contributed by atoms with Gasteiger partial charge in [-0.15, -0.1) is 0 Å². The zero-order valence-electron chi connectivity index (χ0n) is 12.7. The summed E-state index contributed by atoms with van der Waals surface area (Å²) in [6.07, 6.45) is 8.39. The average Bonchev–Trinajstić information content (AvgIpc) is 2.62. The van der Waals surface area contributed by atoms with Gasteiger partial charge >= 0.3 is 0 Å². The van der Waals surface area contributed by atoms with Crippen LogP contribution < -0.4 is 4.74 Å². The van der Waals surface area contributed by atoms with Gasteiger partial charge in [-0.1, -0.05) is 11.6 Å². The van der Waals surface area contributed by atoms with Gasteiger partial charge in [0.1, 0.15) is 10.8 Å². The molecule has 2 aromatic heterocycles. The van der Waals surface area contributed by atoms with Crippen LogP contribution in [-0.2, 0) is 0 Å². The Morgan fingerprint density at radius 1 is 1.17 bits per heavy atom. The highest BCUT2D eigenvalue weighted by Gasteiger charge is 2.24. The van der Waals surface area contributed by atoms with Crippen LogP contribution in [0.4, 0.5) is 0 Å². The molecule has 1 fully saturated rings. The third-order valence-corrected chi connectivity index (χ3v) is 4.32. The van der Waals surface area contributed by atoms with E-state index in [0.29, 0.717) is 28.9 Å². The lowest BCUT2D eigenvalue weighted by Gasteiger charge is -2.32. The Morgan fingerprint density at radius 3 is 2.57 bits per heavy atom. The van der Waals surface area contributed by atoms with Gasteiger partial charge < -0.3 is 9.64 Å². The minimum absolute atomic E-state index is 0.0731. The van der Waals surface area contributed by atoms with Crippen LogP contribution in [-0.4, -0.2) is 40.5 Å². The molecule has 0 unspecified atom stereocenters. The highest BCUT2D eigenvalue weighted by atomic mass is 35.5. The largest absolute Gasteiger partial charge is 0.492 e. The Balaban J connectivity index is 1.49. The van der Waals surface area contributed by atoms with Crippen molar-refractivity contribution in [1.29, 1.82) is 0 Å². The van der Waals surface area contributed by atoms with Crippen LogP contribution in [0.3, 0.4) is 0 Å². The van der Waals surface area contributed by atoms with Crippen molar-refractivity contribution in [3.8, 4) is 5.75 Å². The van der Waals surface area contributed by atoms with Gasteiger partial charge in [0.25, 0.3) is 5.91 Å². The third-order valence-electron chi connectivity index (χ3n) is 4.04. The van der Waals surface area contributed by atoms with E-state index < -0.39 is 0 Å². The van der Waals surface area contributed by atoms with E-state index in [1.54, 1.807) is 43.0 Å². The van der Waals surface area contributed by atoms with Crippen molar-refractivity contribution in [1.82, 2.24) is 14.9 Å². The maximum absolute atomic E-state index is 12.4. The average molecular weight is 332 g/mol. The van der Waals surface area contributed by atoms with Gasteiger partial charge in [-0.25, -0.2) is 0 Å². The number of hydrogen-bond donors (Lipinski definition) is 0. The molecule has 0 aromatic carbocycles. The number of nitrogens with zero attached hydrogens (tertiary/aromatic N) is 3. The molecule has 1 aliphatic heterocycles. The first-order valence-corrected chi connectivity index (χ1v) is 8.03. The summed E-state index contributed by atoms with van der Waals surface area (Å²) in [7, 11) is 0. The van der Waals surface area contributed by atoms with Crippen LogP contribution in [0.25, 0.3) is 0 Å². The summed E-state index contributed by atoms with van der Waals surface area (Å²) in [5.41, 5.74) is 0.693. The molecule has 0 spiro atoms. The molecule has 0 saturated carbocycles. The molecule has 120 valence electrons. The van der Waals surface area contributed by atoms with Gasteiger partial charge in [0.2, 0.25) is 0 Å². The van der Waals surface area contributed by atoms with E-state index in [0.717, 1.165) is 25.9 Å². The van der Waals surface area contributed by atoms with Crippen molar-refractivity contribution in [2.24, 2.45) is 5.92 Å². The number of aromatic nitrogens is 2. The topological polar surface area (TPSA) is 55.3 Å². The zero-order chi connectivity index (χ0) is 16.1. The van der Waals surface area contributed by atoms with E-state index >= 15 is 0 Å². The van der Waals surface area contributed by atoms with Crippen molar-refractivity contribution in [3.63, 3.8) is 0 Å². The van der Waals surface area contributed by atoms with Crippen LogP contribution in [0, 0.1) is 5.92 Å². The second-order valence-electron chi connectivity index (χ2n) is 5.59. The molecule has 5 nitrogen and oxygen atoms in total. The molecule has 0 aliphatic carbocycles. The second-order valence-corrected chi connectivity index (χ2v) is 6.00. The fourth-order valence-electron chi connectivity index (χ4n) is 2.67. The smallest absolute Gasteiger partial charge is 0.253 e. The van der Waals surface area contributed by atoms with Crippen molar-refractivity contribution in [3.05, 3.63) is 53.6 Å². The van der Waals surface area contributed by atoms with Crippen LogP contribution in [0.2, 0.25) is 5.02 Å². The number of piperidine rings is 1. The van der Waals surface area contributed by atoms with Gasteiger partial charge in [0.15, 0.2) is 0 Å². The predicted molar refractivity (Wildman–Crippen MR) is 87.6 cm³/mol. The van der Waals surface area contributed by atoms with Crippen molar-refractivity contribution < 1.29 is 9.53 Å². The van der Waals surface area contributed by atoms with Crippen LogP contribution in [0.1, 0.15) is 23.2 Å². The predicted octanol–water partition coefficient (Wildman–Crippen LogP) is 3.06. The molecule has 0 N–H and O–H groups in total. The van der Waals surface area contributed by atoms with Gasteiger partial charge in [-0.05, 0) is 30.9 Å². The third kappa shape index (κ3) is 3.99. The maximum Gasteiger partial charge on any atom is 0.253 e. The highest BCUT2D eigenvalue weighted by Crippen LogP contribution is 2.25. The minimum atomic E-state index is 0.0731. The van der Waals surface area contributed by atoms with Gasteiger partial charge in [-0.2, -0.15) is 0 Å². The Morgan fingerprint density at radius 2 is 1.87 bits per heavy atom. The number of hydrogen-bond acceptors (Lipinski definition) is 4. The number of ether oxygens (including phenoxy) is 1. The Hall–Kier alpha value is -2.14. The van der Waals surface area contributed by atoms with Crippen molar-refractivity contribution in [2.75, 3.05) is 19.7 Å². The molecule has 1 saturated heterocycles. The number of halogens is 1. The maximum atomic E-state index is 12.4. The molecule has 1 amide bonds. The first kappa shape index (κ1) is 15.7. The molecule has 6 heteroatoms. The quantitative estimate of drug-likeness (QED) is 0.864. The highest BCUT2D eigenvalue weighted by molar-refractivity contribution is 6.31. The number of pyridine rings is 2. The molecule has 23 heavy (non-hydrogen) atoms. The normalized spacial score (nSPS) is 15.4. The molecular formula is C17H18ClN3O2. The fraction of sp³-hybridized carbons (Fsp3) is 0.353. The SMILES string of the molecule is O=C(c1ccncc1)N1CCC(COc2ccncc2Cl)CC1. The monoisotopic (exact) mass is 331 g/mol. The van der Waals surface area contributed by atoms with Crippen LogP contribution >= 0.6 is 11.6 Å². The van der Waals surface area contributed by atoms with Gasteiger partial charge in [0.05, 0.1) is 6.61 Å². The van der Waals surface area contributed by atoms with Gasteiger partial charge in [0, 0.05) is 49.5 Å². The first-order chi connectivity index (χ1) is 11.2. The van der Waals surface area contributed by atoms with E-state index in [4.69, 9.17) is 16.3 Å². The van der Waals surface area contributed by atoms with Crippen molar-refractivity contribution >= 4 is 17.5 Å². The zero-order valence-corrected chi connectivity index (χ0v) is 13.4. The summed E-state index contributed by atoms with van der Waals surface area (Å²) < 4.78 is 5.77. The molecule has 2 aromatic rings. The summed E-state index contributed by atoms with van der Waals surface area (Å²) in [5, 5.41) is 0.526. The lowest BCUT2D eigenvalue weighted by Crippen LogP contribution is -2.39. The summed E-state index contributed by atoms with van der Waals surface area (Å²) in [6, 6.07) is 5.27.